The lowest BCUT2D eigenvalue weighted by Gasteiger charge is -2.22. The summed E-state index contributed by atoms with van der Waals surface area (Å²) in [6.45, 7) is 3.93. The first-order valence-corrected chi connectivity index (χ1v) is 5.55. The van der Waals surface area contributed by atoms with Crippen molar-refractivity contribution in [1.29, 1.82) is 0 Å². The molecule has 5 nitrogen and oxygen atoms in total. The summed E-state index contributed by atoms with van der Waals surface area (Å²) in [7, 11) is 3.12. The number of hydrogen-bond donors (Lipinski definition) is 1. The number of rotatable bonds is 4. The van der Waals surface area contributed by atoms with Gasteiger partial charge in [-0.1, -0.05) is 0 Å². The molecule has 90 valence electrons. The van der Waals surface area contributed by atoms with Gasteiger partial charge < -0.3 is 14.5 Å². The molecule has 0 aliphatic rings. The Morgan fingerprint density at radius 1 is 1.44 bits per heavy atom. The van der Waals surface area contributed by atoms with Crippen LogP contribution >= 0.6 is 15.9 Å². The van der Waals surface area contributed by atoms with Crippen LogP contribution in [0.15, 0.2) is 9.27 Å². The van der Waals surface area contributed by atoms with Crippen LogP contribution in [0.25, 0.3) is 0 Å². The number of halogens is 1. The number of H-pyrrole nitrogens is 1. The minimum atomic E-state index is -0.637. The molecule has 0 aliphatic heterocycles. The fourth-order valence-corrected chi connectivity index (χ4v) is 1.42. The van der Waals surface area contributed by atoms with Gasteiger partial charge in [-0.2, -0.15) is 0 Å². The lowest BCUT2D eigenvalue weighted by atomic mass is 10.1. The third-order valence-electron chi connectivity index (χ3n) is 2.29. The largest absolute Gasteiger partial charge is 0.378 e. The van der Waals surface area contributed by atoms with Crippen LogP contribution in [0, 0.1) is 0 Å². The normalized spacial score (nSPS) is 11.8. The predicted octanol–water partition coefficient (Wildman–Crippen LogP) is 1.56. The molecule has 0 amide bonds. The third-order valence-corrected chi connectivity index (χ3v) is 3.11. The molecule has 1 aromatic heterocycles. The summed E-state index contributed by atoms with van der Waals surface area (Å²) in [5, 5.41) is 0. The quantitative estimate of drug-likeness (QED) is 0.914. The molecule has 1 heterocycles. The van der Waals surface area contributed by atoms with Gasteiger partial charge in [-0.05, 0) is 29.8 Å². The van der Waals surface area contributed by atoms with Gasteiger partial charge >= 0.3 is 0 Å². The number of aromatic amines is 1. The Morgan fingerprint density at radius 3 is 2.56 bits per heavy atom. The molecule has 0 aromatic carbocycles. The van der Waals surface area contributed by atoms with Crippen LogP contribution in [0.4, 0.5) is 0 Å². The number of nitrogens with zero attached hydrogens (tertiary/aromatic N) is 1. The van der Waals surface area contributed by atoms with Crippen LogP contribution in [-0.2, 0) is 21.7 Å². The van der Waals surface area contributed by atoms with E-state index in [-0.39, 0.29) is 12.2 Å². The maximum absolute atomic E-state index is 11.6. The molecule has 0 unspecified atom stereocenters. The first kappa shape index (κ1) is 13.3. The molecule has 0 bridgehead atoms. The van der Waals surface area contributed by atoms with Crippen molar-refractivity contribution in [2.24, 2.45) is 0 Å². The van der Waals surface area contributed by atoms with Crippen LogP contribution in [0.5, 0.6) is 0 Å². The summed E-state index contributed by atoms with van der Waals surface area (Å²) in [4.78, 5) is 18.6. The van der Waals surface area contributed by atoms with Gasteiger partial charge in [0, 0.05) is 14.2 Å². The molecule has 6 heteroatoms. The molecule has 1 aromatic rings. The van der Waals surface area contributed by atoms with Gasteiger partial charge in [0.05, 0.1) is 12.3 Å². The van der Waals surface area contributed by atoms with Crippen molar-refractivity contribution in [3.8, 4) is 0 Å². The molecule has 0 aliphatic carbocycles. The maximum atomic E-state index is 11.6. The van der Waals surface area contributed by atoms with Crippen molar-refractivity contribution in [2.75, 3.05) is 14.2 Å². The summed E-state index contributed by atoms with van der Waals surface area (Å²) in [5.74, 6) is 0.482. The van der Waals surface area contributed by atoms with Crippen LogP contribution in [-0.4, -0.2) is 24.2 Å². The second-order valence-corrected chi connectivity index (χ2v) is 4.62. The van der Waals surface area contributed by atoms with E-state index in [0.29, 0.717) is 16.0 Å². The van der Waals surface area contributed by atoms with Gasteiger partial charge in [0.15, 0.2) is 0 Å². The van der Waals surface area contributed by atoms with Gasteiger partial charge in [-0.25, -0.2) is 4.98 Å². The Morgan fingerprint density at radius 2 is 2.06 bits per heavy atom. The Hall–Kier alpha value is -0.720. The summed E-state index contributed by atoms with van der Waals surface area (Å²) in [6.07, 6.45) is 0. The molecule has 0 atom stereocenters. The molecule has 1 N–H and O–H groups in total. The van der Waals surface area contributed by atoms with Crippen molar-refractivity contribution < 1.29 is 9.47 Å². The van der Waals surface area contributed by atoms with Gasteiger partial charge in [-0.3, -0.25) is 4.79 Å². The van der Waals surface area contributed by atoms with Gasteiger partial charge in [-0.15, -0.1) is 0 Å². The highest BCUT2D eigenvalue weighted by Crippen LogP contribution is 2.20. The lowest BCUT2D eigenvalue weighted by molar-refractivity contribution is 0.0107. The van der Waals surface area contributed by atoms with E-state index in [1.807, 2.05) is 13.8 Å². The van der Waals surface area contributed by atoms with Crippen molar-refractivity contribution in [1.82, 2.24) is 9.97 Å². The standard InChI is InChI=1S/C10H15BrN2O3/c1-10(2,16-4)9-12-6(5-15-3)7(11)8(14)13-9/h5H2,1-4H3,(H,12,13,14). The second kappa shape index (κ2) is 5.07. The second-order valence-electron chi connectivity index (χ2n) is 3.82. The molecule has 0 spiro atoms. The molecule has 0 saturated heterocycles. The fraction of sp³-hybridized carbons (Fsp3) is 0.600. The monoisotopic (exact) mass is 290 g/mol. The molecule has 0 saturated carbocycles. The third kappa shape index (κ3) is 2.69. The summed E-state index contributed by atoms with van der Waals surface area (Å²) in [5.41, 5.74) is -0.309. The van der Waals surface area contributed by atoms with E-state index < -0.39 is 5.60 Å². The lowest BCUT2D eigenvalue weighted by Crippen LogP contribution is -2.28. The van der Waals surface area contributed by atoms with Gasteiger partial charge in [0.1, 0.15) is 15.9 Å². The van der Waals surface area contributed by atoms with Crippen LogP contribution in [0.1, 0.15) is 25.4 Å². The topological polar surface area (TPSA) is 64.2 Å². The van der Waals surface area contributed by atoms with E-state index in [4.69, 9.17) is 9.47 Å². The van der Waals surface area contributed by atoms with E-state index >= 15 is 0 Å². The Balaban J connectivity index is 3.29. The summed E-state index contributed by atoms with van der Waals surface area (Å²) >= 11 is 3.18. The number of ether oxygens (including phenoxy) is 2. The van der Waals surface area contributed by atoms with E-state index in [1.165, 1.54) is 0 Å². The van der Waals surface area contributed by atoms with E-state index in [2.05, 4.69) is 25.9 Å². The number of hydrogen-bond acceptors (Lipinski definition) is 4. The molecule has 1 rings (SSSR count). The molecule has 16 heavy (non-hydrogen) atoms. The molecule has 0 fully saturated rings. The molecular formula is C10H15BrN2O3. The van der Waals surface area contributed by atoms with E-state index in [0.717, 1.165) is 0 Å². The zero-order valence-electron chi connectivity index (χ0n) is 9.76. The Bertz CT molecular complexity index is 429. The first-order chi connectivity index (χ1) is 7.42. The van der Waals surface area contributed by atoms with Crippen LogP contribution < -0.4 is 5.56 Å². The number of methoxy groups -OCH3 is 2. The minimum Gasteiger partial charge on any atom is -0.378 e. The highest BCUT2D eigenvalue weighted by atomic mass is 79.9. The number of aromatic nitrogens is 2. The molecule has 0 radical (unpaired) electrons. The van der Waals surface area contributed by atoms with Crippen molar-refractivity contribution in [3.05, 3.63) is 26.3 Å². The summed E-state index contributed by atoms with van der Waals surface area (Å²) < 4.78 is 10.6. The number of nitrogens with one attached hydrogen (secondary N) is 1. The summed E-state index contributed by atoms with van der Waals surface area (Å²) in [6, 6.07) is 0. The fourth-order valence-electron chi connectivity index (χ4n) is 1.12. The molecular weight excluding hydrogens is 276 g/mol. The highest BCUT2D eigenvalue weighted by Gasteiger charge is 2.24. The van der Waals surface area contributed by atoms with Gasteiger partial charge in [0.2, 0.25) is 0 Å². The van der Waals surface area contributed by atoms with E-state index in [1.54, 1.807) is 14.2 Å². The van der Waals surface area contributed by atoms with Crippen molar-refractivity contribution in [3.63, 3.8) is 0 Å². The minimum absolute atomic E-state index is 0.234. The Kier molecular flexibility index (Phi) is 4.23. The van der Waals surface area contributed by atoms with Crippen molar-refractivity contribution in [2.45, 2.75) is 26.1 Å². The highest BCUT2D eigenvalue weighted by molar-refractivity contribution is 9.10. The SMILES string of the molecule is COCc1nc(C(C)(C)OC)[nH]c(=O)c1Br. The van der Waals surface area contributed by atoms with Crippen LogP contribution in [0.3, 0.4) is 0 Å². The Labute approximate surface area is 102 Å². The van der Waals surface area contributed by atoms with E-state index in [9.17, 15) is 4.79 Å². The smallest absolute Gasteiger partial charge is 0.265 e. The maximum Gasteiger partial charge on any atom is 0.265 e. The van der Waals surface area contributed by atoms with Crippen molar-refractivity contribution >= 4 is 15.9 Å². The zero-order chi connectivity index (χ0) is 12.3. The zero-order valence-corrected chi connectivity index (χ0v) is 11.3. The average Bonchev–Trinajstić information content (AvgIpc) is 2.24. The first-order valence-electron chi connectivity index (χ1n) is 4.75. The predicted molar refractivity (Wildman–Crippen MR) is 63.3 cm³/mol. The van der Waals surface area contributed by atoms with Crippen LogP contribution in [0.2, 0.25) is 0 Å². The van der Waals surface area contributed by atoms with Gasteiger partial charge in [0.25, 0.3) is 5.56 Å². The average molecular weight is 291 g/mol.